The lowest BCUT2D eigenvalue weighted by molar-refractivity contribution is -0.122. The van der Waals surface area contributed by atoms with Crippen molar-refractivity contribution in [3.63, 3.8) is 0 Å². The fraction of sp³-hybridized carbons (Fsp3) is 0.375. The molecule has 1 aromatic carbocycles. The highest BCUT2D eigenvalue weighted by Crippen LogP contribution is 2.13. The van der Waals surface area contributed by atoms with Gasteiger partial charge in [0.15, 0.2) is 0 Å². The lowest BCUT2D eigenvalue weighted by Crippen LogP contribution is -2.42. The van der Waals surface area contributed by atoms with Crippen molar-refractivity contribution in [2.45, 2.75) is 19.5 Å². The standard InChI is InChI=1S/C16H21N3O2/c1-12(16(20)18-8-9-21-2)19-11-13-5-6-15-14(10-13)4-3-7-17-15/h3-7,10,12,19H,8-9,11H2,1-2H3,(H,18,20). The van der Waals surface area contributed by atoms with Crippen LogP contribution in [0, 0.1) is 0 Å². The van der Waals surface area contributed by atoms with E-state index in [1.165, 1.54) is 0 Å². The molecule has 0 bridgehead atoms. The summed E-state index contributed by atoms with van der Waals surface area (Å²) in [5.41, 5.74) is 2.11. The van der Waals surface area contributed by atoms with Gasteiger partial charge in [0.25, 0.3) is 0 Å². The molecule has 1 atom stereocenters. The van der Waals surface area contributed by atoms with Crippen molar-refractivity contribution in [3.05, 3.63) is 42.1 Å². The Bertz CT molecular complexity index is 601. The molecule has 1 amide bonds. The average Bonchev–Trinajstić information content (AvgIpc) is 2.52. The second kappa shape index (κ2) is 7.71. The van der Waals surface area contributed by atoms with E-state index in [0.717, 1.165) is 16.5 Å². The van der Waals surface area contributed by atoms with Crippen LogP contribution < -0.4 is 10.6 Å². The molecule has 0 spiro atoms. The van der Waals surface area contributed by atoms with Crippen molar-refractivity contribution in [2.75, 3.05) is 20.3 Å². The maximum Gasteiger partial charge on any atom is 0.236 e. The third-order valence-corrected chi connectivity index (χ3v) is 3.28. The summed E-state index contributed by atoms with van der Waals surface area (Å²) in [7, 11) is 1.61. The van der Waals surface area contributed by atoms with Gasteiger partial charge in [-0.1, -0.05) is 12.1 Å². The molecule has 112 valence electrons. The highest BCUT2D eigenvalue weighted by Gasteiger charge is 2.11. The van der Waals surface area contributed by atoms with E-state index in [0.29, 0.717) is 19.7 Å². The van der Waals surface area contributed by atoms with Crippen molar-refractivity contribution in [1.82, 2.24) is 15.6 Å². The number of pyridine rings is 1. The maximum absolute atomic E-state index is 11.8. The van der Waals surface area contributed by atoms with Crippen LogP contribution in [-0.4, -0.2) is 37.2 Å². The number of hydrogen-bond donors (Lipinski definition) is 2. The minimum absolute atomic E-state index is 0.0190. The van der Waals surface area contributed by atoms with Crippen LogP contribution >= 0.6 is 0 Å². The molecule has 2 aromatic rings. The summed E-state index contributed by atoms with van der Waals surface area (Å²) < 4.78 is 4.90. The first-order chi connectivity index (χ1) is 10.2. The quantitative estimate of drug-likeness (QED) is 0.757. The number of carbonyl (C=O) groups is 1. The van der Waals surface area contributed by atoms with Gasteiger partial charge in [0.1, 0.15) is 0 Å². The monoisotopic (exact) mass is 287 g/mol. The van der Waals surface area contributed by atoms with Gasteiger partial charge in [0.2, 0.25) is 5.91 Å². The van der Waals surface area contributed by atoms with E-state index in [1.54, 1.807) is 13.3 Å². The van der Waals surface area contributed by atoms with Gasteiger partial charge in [-0.2, -0.15) is 0 Å². The Hall–Kier alpha value is -1.98. The summed E-state index contributed by atoms with van der Waals surface area (Å²) in [5.74, 6) is -0.0190. The minimum atomic E-state index is -0.244. The first-order valence-electron chi connectivity index (χ1n) is 7.04. The Balaban J connectivity index is 1.87. The zero-order chi connectivity index (χ0) is 15.1. The molecular formula is C16H21N3O2. The SMILES string of the molecule is COCCNC(=O)C(C)NCc1ccc2ncccc2c1. The van der Waals surface area contributed by atoms with E-state index in [4.69, 9.17) is 4.74 Å². The smallest absolute Gasteiger partial charge is 0.236 e. The van der Waals surface area contributed by atoms with E-state index < -0.39 is 0 Å². The van der Waals surface area contributed by atoms with Crippen molar-refractivity contribution in [3.8, 4) is 0 Å². The molecule has 5 nitrogen and oxygen atoms in total. The lowest BCUT2D eigenvalue weighted by atomic mass is 10.1. The normalized spacial score (nSPS) is 12.3. The van der Waals surface area contributed by atoms with Gasteiger partial charge in [0, 0.05) is 31.8 Å². The summed E-state index contributed by atoms with van der Waals surface area (Å²) >= 11 is 0. The number of methoxy groups -OCH3 is 1. The lowest BCUT2D eigenvalue weighted by Gasteiger charge is -2.14. The van der Waals surface area contributed by atoms with E-state index in [1.807, 2.05) is 31.2 Å². The molecule has 5 heteroatoms. The van der Waals surface area contributed by atoms with Crippen LogP contribution in [0.5, 0.6) is 0 Å². The third-order valence-electron chi connectivity index (χ3n) is 3.28. The molecule has 2 rings (SSSR count). The largest absolute Gasteiger partial charge is 0.383 e. The number of amides is 1. The van der Waals surface area contributed by atoms with Gasteiger partial charge >= 0.3 is 0 Å². The Kier molecular flexibility index (Phi) is 5.66. The zero-order valence-electron chi connectivity index (χ0n) is 12.4. The summed E-state index contributed by atoms with van der Waals surface area (Å²) in [4.78, 5) is 16.1. The highest BCUT2D eigenvalue weighted by atomic mass is 16.5. The maximum atomic E-state index is 11.8. The number of aromatic nitrogens is 1. The Morgan fingerprint density at radius 2 is 2.24 bits per heavy atom. The molecule has 0 radical (unpaired) electrons. The predicted octanol–water partition coefficient (Wildman–Crippen LogP) is 1.48. The summed E-state index contributed by atoms with van der Waals surface area (Å²) in [5, 5.41) is 7.14. The number of hydrogen-bond acceptors (Lipinski definition) is 4. The molecule has 0 aliphatic carbocycles. The Morgan fingerprint density at radius 1 is 1.38 bits per heavy atom. The van der Waals surface area contributed by atoms with Crippen molar-refractivity contribution in [2.24, 2.45) is 0 Å². The van der Waals surface area contributed by atoms with Gasteiger partial charge in [-0.25, -0.2) is 0 Å². The van der Waals surface area contributed by atoms with Crippen molar-refractivity contribution in [1.29, 1.82) is 0 Å². The van der Waals surface area contributed by atoms with Gasteiger partial charge in [-0.3, -0.25) is 9.78 Å². The first-order valence-corrected chi connectivity index (χ1v) is 7.04. The molecule has 21 heavy (non-hydrogen) atoms. The van der Waals surface area contributed by atoms with Crippen LogP contribution in [0.25, 0.3) is 10.9 Å². The second-order valence-electron chi connectivity index (χ2n) is 4.92. The molecule has 0 saturated carbocycles. The third kappa shape index (κ3) is 4.51. The fourth-order valence-corrected chi connectivity index (χ4v) is 2.03. The number of carbonyl (C=O) groups excluding carboxylic acids is 1. The van der Waals surface area contributed by atoms with Gasteiger partial charge in [-0.15, -0.1) is 0 Å². The molecule has 0 fully saturated rings. The molecule has 1 heterocycles. The average molecular weight is 287 g/mol. The van der Waals surface area contributed by atoms with Crippen LogP contribution in [0.15, 0.2) is 36.5 Å². The molecule has 0 saturated heterocycles. The van der Waals surface area contributed by atoms with Crippen LogP contribution in [-0.2, 0) is 16.1 Å². The van der Waals surface area contributed by atoms with Crippen LogP contribution in [0.1, 0.15) is 12.5 Å². The van der Waals surface area contributed by atoms with Crippen molar-refractivity contribution < 1.29 is 9.53 Å². The van der Waals surface area contributed by atoms with Gasteiger partial charge in [-0.05, 0) is 30.7 Å². The summed E-state index contributed by atoms with van der Waals surface area (Å²) in [6.45, 7) is 3.55. The predicted molar refractivity (Wildman–Crippen MR) is 82.9 cm³/mol. The van der Waals surface area contributed by atoms with Crippen molar-refractivity contribution >= 4 is 16.8 Å². The molecule has 0 aliphatic heterocycles. The minimum Gasteiger partial charge on any atom is -0.383 e. The number of rotatable bonds is 7. The summed E-state index contributed by atoms with van der Waals surface area (Å²) in [6.07, 6.45) is 1.78. The Morgan fingerprint density at radius 3 is 3.05 bits per heavy atom. The van der Waals surface area contributed by atoms with Gasteiger partial charge in [0.05, 0.1) is 18.2 Å². The van der Waals surface area contributed by atoms with Crippen LogP contribution in [0.4, 0.5) is 0 Å². The number of ether oxygens (including phenoxy) is 1. The van der Waals surface area contributed by atoms with E-state index in [2.05, 4.69) is 21.7 Å². The molecule has 2 N–H and O–H groups in total. The molecular weight excluding hydrogens is 266 g/mol. The van der Waals surface area contributed by atoms with Crippen LogP contribution in [0.2, 0.25) is 0 Å². The number of nitrogens with one attached hydrogen (secondary N) is 2. The molecule has 1 aromatic heterocycles. The van der Waals surface area contributed by atoms with Crippen LogP contribution in [0.3, 0.4) is 0 Å². The number of nitrogens with zero attached hydrogens (tertiary/aromatic N) is 1. The zero-order valence-corrected chi connectivity index (χ0v) is 12.4. The Labute approximate surface area is 124 Å². The highest BCUT2D eigenvalue weighted by molar-refractivity contribution is 5.81. The number of fused-ring (bicyclic) bond motifs is 1. The van der Waals surface area contributed by atoms with E-state index >= 15 is 0 Å². The fourth-order valence-electron chi connectivity index (χ4n) is 2.03. The number of benzene rings is 1. The topological polar surface area (TPSA) is 63.2 Å². The second-order valence-corrected chi connectivity index (χ2v) is 4.92. The molecule has 1 unspecified atom stereocenters. The van der Waals surface area contributed by atoms with E-state index in [9.17, 15) is 4.79 Å². The van der Waals surface area contributed by atoms with E-state index in [-0.39, 0.29) is 11.9 Å². The first kappa shape index (κ1) is 15.4. The molecule has 0 aliphatic rings. The van der Waals surface area contributed by atoms with Gasteiger partial charge < -0.3 is 15.4 Å². The summed E-state index contributed by atoms with van der Waals surface area (Å²) in [6, 6.07) is 9.82.